The van der Waals surface area contributed by atoms with Crippen molar-refractivity contribution < 1.29 is 75.3 Å². The van der Waals surface area contributed by atoms with Crippen LogP contribution in [0.1, 0.15) is 50.1 Å². The number of ether oxygens (including phenoxy) is 6. The molecule has 0 bridgehead atoms. The van der Waals surface area contributed by atoms with Gasteiger partial charge in [0.05, 0.1) is 39.6 Å². The van der Waals surface area contributed by atoms with Gasteiger partial charge in [0.15, 0.2) is 0 Å². The quantitative estimate of drug-likeness (QED) is 0.0270. The number of benzene rings is 3. The van der Waals surface area contributed by atoms with Crippen molar-refractivity contribution in [2.24, 2.45) is 0 Å². The maximum absolute atomic E-state index is 15.5. The molecule has 17 heteroatoms. The van der Waals surface area contributed by atoms with E-state index in [1.165, 1.54) is 0 Å². The van der Waals surface area contributed by atoms with E-state index in [9.17, 15) is 28.8 Å². The molecule has 0 aliphatic rings. The van der Waals surface area contributed by atoms with Crippen LogP contribution in [0.25, 0.3) is 0 Å². The molecule has 0 aliphatic carbocycles. The Morgan fingerprint density at radius 1 is 0.382 bits per heavy atom. The summed E-state index contributed by atoms with van der Waals surface area (Å²) < 4.78 is 66.1. The third kappa shape index (κ3) is 17.1. The number of rotatable bonds is 30. The second-order valence-corrected chi connectivity index (χ2v) is 15.9. The number of carbonyl (C=O) groups is 6. The fourth-order valence-electron chi connectivity index (χ4n) is 6.73. The van der Waals surface area contributed by atoms with Gasteiger partial charge in [0, 0.05) is 75.0 Å². The molecule has 362 valence electrons. The first-order valence-corrected chi connectivity index (χ1v) is 22.8. The van der Waals surface area contributed by atoms with Crippen molar-refractivity contribution in [2.75, 3.05) is 39.6 Å². The van der Waals surface area contributed by atoms with E-state index in [0.29, 0.717) is 50.1 Å². The van der Waals surface area contributed by atoms with E-state index >= 15 is 4.57 Å². The number of hydrogen-bond donors (Lipinski definition) is 0. The van der Waals surface area contributed by atoms with Crippen LogP contribution >= 0.6 is 7.82 Å². The Morgan fingerprint density at radius 2 is 0.588 bits per heavy atom. The van der Waals surface area contributed by atoms with Crippen LogP contribution in [0.3, 0.4) is 0 Å². The molecule has 0 amide bonds. The highest BCUT2D eigenvalue weighted by atomic mass is 31.2. The van der Waals surface area contributed by atoms with Gasteiger partial charge in [-0.3, -0.25) is 0 Å². The fourth-order valence-corrected chi connectivity index (χ4v) is 8.16. The predicted octanol–water partition coefficient (Wildman–Crippen LogP) is 7.89. The van der Waals surface area contributed by atoms with Crippen LogP contribution in [0, 0.1) is 20.8 Å². The van der Waals surface area contributed by atoms with E-state index in [1.54, 1.807) is 57.2 Å². The standard InChI is InChI=1S/C51H57O16P/c1-10-46(52)59-28-22-37-16-19-43(34(7)40(37)25-31-62-49(55)13-4)65-68(58,66-44-20-17-38(23-29-60-47(53)11-2)41(35(44)8)26-32-63-50(56)14-5)67-45-21-18-39(24-30-61-48(54)12-3)42(36(45)9)27-33-64-51(57)15-6/h10-21H,1-6,22-33H2,7-9H3. The smallest absolute Gasteiger partial charge is 0.462 e. The van der Waals surface area contributed by atoms with Gasteiger partial charge in [-0.05, 0) is 89.0 Å². The summed E-state index contributed by atoms with van der Waals surface area (Å²) in [4.78, 5) is 71.5. The van der Waals surface area contributed by atoms with E-state index in [0.717, 1.165) is 36.5 Å². The van der Waals surface area contributed by atoms with Crippen molar-refractivity contribution in [1.29, 1.82) is 0 Å². The summed E-state index contributed by atoms with van der Waals surface area (Å²) in [5.74, 6) is -3.56. The van der Waals surface area contributed by atoms with Gasteiger partial charge in [-0.25, -0.2) is 28.8 Å². The first-order chi connectivity index (χ1) is 32.5. The number of phosphoric ester groups is 1. The van der Waals surface area contributed by atoms with E-state index in [4.69, 9.17) is 42.0 Å². The Labute approximate surface area is 396 Å². The Hall–Kier alpha value is -7.45. The molecule has 68 heavy (non-hydrogen) atoms. The van der Waals surface area contributed by atoms with Crippen molar-refractivity contribution in [3.63, 3.8) is 0 Å². The summed E-state index contributed by atoms with van der Waals surface area (Å²) in [5.41, 5.74) is 5.41. The Kier molecular flexibility index (Phi) is 22.5. The molecule has 3 aromatic rings. The zero-order valence-electron chi connectivity index (χ0n) is 38.6. The number of esters is 6. The van der Waals surface area contributed by atoms with Crippen LogP contribution in [-0.4, -0.2) is 75.5 Å². The van der Waals surface area contributed by atoms with Gasteiger partial charge in [0.2, 0.25) is 0 Å². The van der Waals surface area contributed by atoms with Gasteiger partial charge in [-0.1, -0.05) is 57.7 Å². The molecule has 3 aromatic carbocycles. The van der Waals surface area contributed by atoms with E-state index in [2.05, 4.69) is 39.5 Å². The summed E-state index contributed by atoms with van der Waals surface area (Å²) in [6.07, 6.45) is 7.50. The van der Waals surface area contributed by atoms with E-state index < -0.39 is 43.6 Å². The number of carbonyl (C=O) groups excluding carboxylic acids is 6. The van der Waals surface area contributed by atoms with Crippen LogP contribution < -0.4 is 13.6 Å². The molecule has 0 aromatic heterocycles. The molecule has 0 N–H and O–H groups in total. The summed E-state index contributed by atoms with van der Waals surface area (Å²) in [6, 6.07) is 9.71. The van der Waals surface area contributed by atoms with Crippen LogP contribution in [0.2, 0.25) is 0 Å². The van der Waals surface area contributed by atoms with Crippen molar-refractivity contribution in [1.82, 2.24) is 0 Å². The minimum Gasteiger partial charge on any atom is -0.462 e. The van der Waals surface area contributed by atoms with E-state index in [1.807, 2.05) is 0 Å². The molecule has 0 fully saturated rings. The highest BCUT2D eigenvalue weighted by Crippen LogP contribution is 2.53. The summed E-state index contributed by atoms with van der Waals surface area (Å²) in [7, 11) is -4.86. The van der Waals surface area contributed by atoms with Crippen molar-refractivity contribution in [3.8, 4) is 17.2 Å². The lowest BCUT2D eigenvalue weighted by molar-refractivity contribution is -0.138. The molecule has 0 atom stereocenters. The molecule has 0 unspecified atom stereocenters. The van der Waals surface area contributed by atoms with E-state index in [-0.39, 0.29) is 95.4 Å². The summed E-state index contributed by atoms with van der Waals surface area (Å²) >= 11 is 0. The monoisotopic (exact) mass is 956 g/mol. The summed E-state index contributed by atoms with van der Waals surface area (Å²) in [5, 5.41) is 0. The average Bonchev–Trinajstić information content (AvgIpc) is 3.33. The predicted molar refractivity (Wildman–Crippen MR) is 252 cm³/mol. The maximum Gasteiger partial charge on any atom is 0.647 e. The summed E-state index contributed by atoms with van der Waals surface area (Å²) in [6.45, 7) is 25.5. The Morgan fingerprint density at radius 3 is 0.794 bits per heavy atom. The third-order valence-corrected chi connectivity index (χ3v) is 11.5. The minimum atomic E-state index is -4.86. The SMILES string of the molecule is C=CC(=O)OCCc1ccc(OP(=O)(Oc2ccc(CCOC(=O)C=C)c(CCOC(=O)C=C)c2C)Oc2ccc(CCOC(=O)C=C)c(CCOC(=O)C=C)c2C)c(C)c1CCOC(=O)C=C. The topological polar surface area (TPSA) is 203 Å². The van der Waals surface area contributed by atoms with Gasteiger partial charge < -0.3 is 42.0 Å². The Bertz CT molecular complexity index is 2180. The van der Waals surface area contributed by atoms with Crippen molar-refractivity contribution >= 4 is 43.6 Å². The molecule has 3 rings (SSSR count). The van der Waals surface area contributed by atoms with Crippen molar-refractivity contribution in [2.45, 2.75) is 59.3 Å². The third-order valence-electron chi connectivity index (χ3n) is 10.2. The molecule has 16 nitrogen and oxygen atoms in total. The van der Waals surface area contributed by atoms with Gasteiger partial charge in [-0.2, -0.15) is 4.57 Å². The van der Waals surface area contributed by atoms with Gasteiger partial charge >= 0.3 is 43.6 Å². The highest BCUT2D eigenvalue weighted by Gasteiger charge is 2.36. The van der Waals surface area contributed by atoms with Crippen LogP contribution in [0.15, 0.2) is 112 Å². The molecule has 0 spiro atoms. The molecule has 0 radical (unpaired) electrons. The molecular formula is C51H57O16P. The first-order valence-electron chi connectivity index (χ1n) is 21.3. The first kappa shape index (κ1) is 54.9. The minimum absolute atomic E-state index is 0.00315. The van der Waals surface area contributed by atoms with Crippen LogP contribution in [-0.2, 0) is 100 Å². The van der Waals surface area contributed by atoms with Crippen molar-refractivity contribution in [3.05, 3.63) is 162 Å². The molecular weight excluding hydrogens is 900 g/mol. The lowest BCUT2D eigenvalue weighted by atomic mass is 9.96. The van der Waals surface area contributed by atoms with Gasteiger partial charge in [-0.15, -0.1) is 0 Å². The normalized spacial score (nSPS) is 10.6. The highest BCUT2D eigenvalue weighted by molar-refractivity contribution is 7.49. The Balaban J connectivity index is 2.24. The van der Waals surface area contributed by atoms with Gasteiger partial charge in [0.25, 0.3) is 0 Å². The zero-order valence-corrected chi connectivity index (χ0v) is 39.5. The number of hydrogen-bond acceptors (Lipinski definition) is 16. The second kappa shape index (κ2) is 27.9. The van der Waals surface area contributed by atoms with Crippen LogP contribution in [0.4, 0.5) is 0 Å². The number of phosphoric acid groups is 1. The second-order valence-electron chi connectivity index (χ2n) is 14.4. The average molecular weight is 957 g/mol. The fraction of sp³-hybridized carbons (Fsp3) is 0.294. The molecule has 0 saturated carbocycles. The zero-order chi connectivity index (χ0) is 50.2. The van der Waals surface area contributed by atoms with Crippen LogP contribution in [0.5, 0.6) is 17.2 Å². The lowest BCUT2D eigenvalue weighted by Gasteiger charge is -2.25. The largest absolute Gasteiger partial charge is 0.647 e. The van der Waals surface area contributed by atoms with Gasteiger partial charge in [0.1, 0.15) is 17.2 Å². The lowest BCUT2D eigenvalue weighted by Crippen LogP contribution is -2.14. The molecule has 0 heterocycles. The molecule has 0 aliphatic heterocycles. The maximum atomic E-state index is 15.5. The molecule has 0 saturated heterocycles.